The maximum absolute atomic E-state index is 14.5. The van der Waals surface area contributed by atoms with Gasteiger partial charge in [-0.25, -0.2) is 4.98 Å². The second-order valence-corrected chi connectivity index (χ2v) is 10.9. The quantitative estimate of drug-likeness (QED) is 0.414. The van der Waals surface area contributed by atoms with Gasteiger partial charge in [0.2, 0.25) is 0 Å². The molecule has 1 unspecified atom stereocenters. The lowest BCUT2D eigenvalue weighted by Gasteiger charge is -2.51. The zero-order valence-electron chi connectivity index (χ0n) is 21.7. The van der Waals surface area contributed by atoms with Gasteiger partial charge < -0.3 is 19.7 Å². The first-order chi connectivity index (χ1) is 18.8. The summed E-state index contributed by atoms with van der Waals surface area (Å²) in [7, 11) is 0.954. The van der Waals surface area contributed by atoms with Gasteiger partial charge in [0.1, 0.15) is 12.4 Å². The van der Waals surface area contributed by atoms with Crippen molar-refractivity contribution in [2.75, 3.05) is 33.3 Å². The molecule has 2 aromatic carbocycles. The topological polar surface area (TPSA) is 63.7 Å². The van der Waals surface area contributed by atoms with Crippen LogP contribution in [-0.4, -0.2) is 55.3 Å². The number of hydrogen-bond donors (Lipinski definition) is 1. The Morgan fingerprint density at radius 3 is 2.49 bits per heavy atom. The Hall–Kier alpha value is -2.95. The summed E-state index contributed by atoms with van der Waals surface area (Å²) in [5.74, 6) is -0.174. The van der Waals surface area contributed by atoms with Crippen molar-refractivity contribution in [3.63, 3.8) is 0 Å². The number of para-hydroxylation sites is 1. The summed E-state index contributed by atoms with van der Waals surface area (Å²) in [6, 6.07) is 15.1. The summed E-state index contributed by atoms with van der Waals surface area (Å²) in [5.41, 5.74) is 0.296. The summed E-state index contributed by atoms with van der Waals surface area (Å²) in [6.07, 6.45) is -2.86. The minimum atomic E-state index is -4.92. The molecule has 0 radical (unpaired) electrons. The summed E-state index contributed by atoms with van der Waals surface area (Å²) in [5, 5.41) is 5.45. The predicted molar refractivity (Wildman–Crippen MR) is 143 cm³/mol. The van der Waals surface area contributed by atoms with Crippen LogP contribution in [0.15, 0.2) is 65.5 Å². The van der Waals surface area contributed by atoms with Crippen molar-refractivity contribution in [1.82, 2.24) is 15.2 Å². The van der Waals surface area contributed by atoms with Gasteiger partial charge in [-0.05, 0) is 42.9 Å². The maximum atomic E-state index is 14.5. The van der Waals surface area contributed by atoms with Crippen molar-refractivity contribution in [3.8, 4) is 5.75 Å². The zero-order chi connectivity index (χ0) is 27.5. The SMILES string of the molecule is CO[C@@](C(=O)N1CCC2(CCNCC2c2ccccc2OCc2cscn2)CC1)(c1ccccc1)C(F)(F)F. The third-order valence-electron chi connectivity index (χ3n) is 8.27. The van der Waals surface area contributed by atoms with E-state index >= 15 is 0 Å². The minimum Gasteiger partial charge on any atom is -0.487 e. The molecule has 1 spiro atoms. The molecule has 1 aromatic heterocycles. The number of carbonyl (C=O) groups is 1. The molecule has 6 nitrogen and oxygen atoms in total. The molecule has 1 amide bonds. The number of ether oxygens (including phenoxy) is 2. The van der Waals surface area contributed by atoms with Gasteiger partial charge in [-0.1, -0.05) is 48.5 Å². The molecule has 0 aliphatic carbocycles. The Balaban J connectivity index is 1.38. The number of benzene rings is 2. The molecule has 10 heteroatoms. The first-order valence-corrected chi connectivity index (χ1v) is 14.0. The van der Waals surface area contributed by atoms with Crippen LogP contribution in [-0.2, 0) is 21.7 Å². The number of likely N-dealkylation sites (tertiary alicyclic amines) is 1. The van der Waals surface area contributed by atoms with Crippen LogP contribution in [0.5, 0.6) is 5.75 Å². The Morgan fingerprint density at radius 2 is 1.82 bits per heavy atom. The van der Waals surface area contributed by atoms with Crippen molar-refractivity contribution >= 4 is 17.2 Å². The lowest BCUT2D eigenvalue weighted by atomic mass is 9.62. The summed E-state index contributed by atoms with van der Waals surface area (Å²) in [4.78, 5) is 19.2. The second kappa shape index (κ2) is 11.3. The Bertz CT molecular complexity index is 1250. The Kier molecular flexibility index (Phi) is 7.98. The predicted octanol–water partition coefficient (Wildman–Crippen LogP) is 5.51. The van der Waals surface area contributed by atoms with E-state index in [1.807, 2.05) is 23.6 Å². The van der Waals surface area contributed by atoms with Gasteiger partial charge in [-0.3, -0.25) is 4.79 Å². The van der Waals surface area contributed by atoms with Gasteiger partial charge in [0.25, 0.3) is 11.5 Å². The highest BCUT2D eigenvalue weighted by Gasteiger charge is 2.64. The van der Waals surface area contributed by atoms with Gasteiger partial charge in [0.05, 0.1) is 11.2 Å². The molecule has 2 aliphatic heterocycles. The van der Waals surface area contributed by atoms with E-state index in [9.17, 15) is 18.0 Å². The van der Waals surface area contributed by atoms with Crippen LogP contribution < -0.4 is 10.1 Å². The van der Waals surface area contributed by atoms with E-state index in [1.165, 1.54) is 40.5 Å². The van der Waals surface area contributed by atoms with Crippen LogP contribution >= 0.6 is 11.3 Å². The molecule has 208 valence electrons. The molecule has 5 rings (SSSR count). The Morgan fingerprint density at radius 1 is 1.10 bits per heavy atom. The molecule has 2 saturated heterocycles. The van der Waals surface area contributed by atoms with Gasteiger partial charge in [0, 0.05) is 43.6 Å². The lowest BCUT2D eigenvalue weighted by molar-refractivity contribution is -0.271. The lowest BCUT2D eigenvalue weighted by Crippen LogP contribution is -2.59. The van der Waals surface area contributed by atoms with E-state index < -0.39 is 17.7 Å². The highest BCUT2D eigenvalue weighted by atomic mass is 32.1. The molecule has 2 fully saturated rings. The molecule has 0 bridgehead atoms. The van der Waals surface area contributed by atoms with E-state index in [1.54, 1.807) is 11.6 Å². The van der Waals surface area contributed by atoms with Crippen LogP contribution in [0.25, 0.3) is 0 Å². The van der Waals surface area contributed by atoms with Crippen molar-refractivity contribution in [1.29, 1.82) is 0 Å². The van der Waals surface area contributed by atoms with E-state index in [4.69, 9.17) is 9.47 Å². The Labute approximate surface area is 230 Å². The zero-order valence-corrected chi connectivity index (χ0v) is 22.6. The molecule has 2 atom stereocenters. The van der Waals surface area contributed by atoms with Crippen LogP contribution in [0.4, 0.5) is 13.2 Å². The number of carbonyl (C=O) groups excluding carboxylic acids is 1. The first kappa shape index (κ1) is 27.6. The van der Waals surface area contributed by atoms with E-state index in [0.717, 1.165) is 43.6 Å². The molecule has 3 aromatic rings. The number of methoxy groups -OCH3 is 1. The third kappa shape index (κ3) is 5.17. The third-order valence-corrected chi connectivity index (χ3v) is 8.91. The summed E-state index contributed by atoms with van der Waals surface area (Å²) in [6.45, 7) is 2.38. The number of hydrogen-bond acceptors (Lipinski definition) is 6. The number of piperidine rings is 2. The summed E-state index contributed by atoms with van der Waals surface area (Å²) >= 11 is 1.52. The van der Waals surface area contributed by atoms with Crippen molar-refractivity contribution in [2.45, 2.75) is 43.6 Å². The fraction of sp³-hybridized carbons (Fsp3) is 0.448. The second-order valence-electron chi connectivity index (χ2n) is 10.2. The molecule has 2 aliphatic rings. The summed E-state index contributed by atoms with van der Waals surface area (Å²) < 4.78 is 54.8. The smallest absolute Gasteiger partial charge is 0.430 e. The number of thiazole rings is 1. The maximum Gasteiger partial charge on any atom is 0.430 e. The van der Waals surface area contributed by atoms with Crippen molar-refractivity contribution < 1.29 is 27.4 Å². The number of nitrogens with zero attached hydrogens (tertiary/aromatic N) is 2. The van der Waals surface area contributed by atoms with Crippen LogP contribution in [0.2, 0.25) is 0 Å². The molecular formula is C29H32F3N3O3S. The molecular weight excluding hydrogens is 527 g/mol. The average Bonchev–Trinajstić information content (AvgIpc) is 3.47. The van der Waals surface area contributed by atoms with Crippen LogP contribution in [0.1, 0.15) is 42.0 Å². The number of halogens is 3. The number of nitrogens with one attached hydrogen (secondary N) is 1. The van der Waals surface area contributed by atoms with Crippen molar-refractivity contribution in [3.05, 3.63) is 82.3 Å². The van der Waals surface area contributed by atoms with Crippen molar-refractivity contribution in [2.24, 2.45) is 5.41 Å². The van der Waals surface area contributed by atoms with E-state index in [2.05, 4.69) is 16.4 Å². The normalized spacial score (nSPS) is 20.9. The van der Waals surface area contributed by atoms with Gasteiger partial charge in [-0.15, -0.1) is 11.3 Å². The number of alkyl halides is 3. The standard InChI is InChI=1S/C29H32F3N3O3S/c1-37-28(29(30,31)32,21-7-3-2-4-8-21)26(36)35-15-12-27(13-16-35)11-14-33-17-24(27)23-9-5-6-10-25(23)38-18-22-19-39-20-34-22/h2-10,19-20,24,33H,11-18H2,1H3/t24?,28-/m1/s1. The monoisotopic (exact) mass is 559 g/mol. The fourth-order valence-electron chi connectivity index (χ4n) is 6.15. The molecule has 1 N–H and O–H groups in total. The fourth-order valence-corrected chi connectivity index (χ4v) is 6.70. The van der Waals surface area contributed by atoms with E-state index in [0.29, 0.717) is 19.4 Å². The van der Waals surface area contributed by atoms with Gasteiger partial charge in [0.15, 0.2) is 0 Å². The number of aromatic nitrogens is 1. The highest BCUT2D eigenvalue weighted by molar-refractivity contribution is 7.07. The molecule has 3 heterocycles. The number of amides is 1. The van der Waals surface area contributed by atoms with Crippen LogP contribution in [0, 0.1) is 5.41 Å². The highest BCUT2D eigenvalue weighted by Crippen LogP contribution is 2.51. The first-order valence-electron chi connectivity index (χ1n) is 13.1. The van der Waals surface area contributed by atoms with E-state index in [-0.39, 0.29) is 30.0 Å². The molecule has 39 heavy (non-hydrogen) atoms. The van der Waals surface area contributed by atoms with Crippen LogP contribution in [0.3, 0.4) is 0 Å². The molecule has 0 saturated carbocycles. The van der Waals surface area contributed by atoms with Gasteiger partial charge in [-0.2, -0.15) is 13.2 Å². The minimum absolute atomic E-state index is 0.0963. The van der Waals surface area contributed by atoms with Gasteiger partial charge >= 0.3 is 6.18 Å². The average molecular weight is 560 g/mol. The number of rotatable bonds is 7. The largest absolute Gasteiger partial charge is 0.487 e.